The molecule has 0 aliphatic rings. The summed E-state index contributed by atoms with van der Waals surface area (Å²) in [5.41, 5.74) is 2.91. The van der Waals surface area contributed by atoms with Gasteiger partial charge < -0.3 is 15.0 Å². The van der Waals surface area contributed by atoms with Gasteiger partial charge in [-0.25, -0.2) is 8.42 Å². The van der Waals surface area contributed by atoms with Gasteiger partial charge in [-0.3, -0.25) is 13.9 Å². The van der Waals surface area contributed by atoms with Crippen molar-refractivity contribution in [2.45, 2.75) is 64.4 Å². The van der Waals surface area contributed by atoms with Gasteiger partial charge in [-0.05, 0) is 67.6 Å². The molecule has 1 N–H and O–H groups in total. The minimum absolute atomic E-state index is 0.0474. The lowest BCUT2D eigenvalue weighted by Gasteiger charge is -2.34. The zero-order chi connectivity index (χ0) is 30.0. The number of carbonyl (C=O) groups excluding carboxylic acids is 2. The van der Waals surface area contributed by atoms with Gasteiger partial charge in [0.05, 0.1) is 17.7 Å². The SMILES string of the molecule is CCCCNC(=O)[C@@H](CC)N(Cc1ccccc1C)C(=O)CN(c1cc(C)ccc1OC)S(=O)(=O)c1ccccc1. The Balaban J connectivity index is 2.10. The first-order valence-electron chi connectivity index (χ1n) is 14.0. The molecule has 1 atom stereocenters. The number of anilines is 1. The zero-order valence-corrected chi connectivity index (χ0v) is 25.4. The smallest absolute Gasteiger partial charge is 0.264 e. The third-order valence-electron chi connectivity index (χ3n) is 7.03. The van der Waals surface area contributed by atoms with Crippen LogP contribution in [0.3, 0.4) is 0 Å². The minimum Gasteiger partial charge on any atom is -0.495 e. The van der Waals surface area contributed by atoms with E-state index in [1.807, 2.05) is 58.0 Å². The van der Waals surface area contributed by atoms with E-state index >= 15 is 0 Å². The number of nitrogens with one attached hydrogen (secondary N) is 1. The molecule has 0 aliphatic carbocycles. The summed E-state index contributed by atoms with van der Waals surface area (Å²) in [5, 5.41) is 2.95. The molecule has 0 radical (unpaired) electrons. The van der Waals surface area contributed by atoms with Crippen molar-refractivity contribution in [2.24, 2.45) is 0 Å². The molecule has 2 amide bonds. The Kier molecular flexibility index (Phi) is 11.3. The molecule has 0 aliphatic heterocycles. The van der Waals surface area contributed by atoms with Crippen molar-refractivity contribution in [3.63, 3.8) is 0 Å². The van der Waals surface area contributed by atoms with E-state index in [1.54, 1.807) is 30.3 Å². The molecule has 0 bridgehead atoms. The Morgan fingerprint density at radius 2 is 1.63 bits per heavy atom. The van der Waals surface area contributed by atoms with Gasteiger partial charge in [0.1, 0.15) is 18.3 Å². The molecule has 3 rings (SSSR count). The van der Waals surface area contributed by atoms with E-state index < -0.39 is 28.5 Å². The van der Waals surface area contributed by atoms with E-state index in [0.29, 0.717) is 18.7 Å². The minimum atomic E-state index is -4.18. The third-order valence-corrected chi connectivity index (χ3v) is 8.80. The van der Waals surface area contributed by atoms with Gasteiger partial charge in [-0.15, -0.1) is 0 Å². The second kappa shape index (κ2) is 14.7. The van der Waals surface area contributed by atoms with Crippen molar-refractivity contribution < 1.29 is 22.7 Å². The van der Waals surface area contributed by atoms with Crippen LogP contribution in [0.4, 0.5) is 5.69 Å². The summed E-state index contributed by atoms with van der Waals surface area (Å²) >= 11 is 0. The Labute approximate surface area is 244 Å². The van der Waals surface area contributed by atoms with Gasteiger partial charge >= 0.3 is 0 Å². The number of carbonyl (C=O) groups is 2. The maximum absolute atomic E-state index is 14.2. The number of nitrogens with zero attached hydrogens (tertiary/aromatic N) is 2. The summed E-state index contributed by atoms with van der Waals surface area (Å²) in [4.78, 5) is 29.1. The molecule has 0 fully saturated rings. The van der Waals surface area contributed by atoms with Crippen LogP contribution in [0.15, 0.2) is 77.7 Å². The molecule has 3 aromatic carbocycles. The number of hydrogen-bond donors (Lipinski definition) is 1. The molecule has 220 valence electrons. The van der Waals surface area contributed by atoms with E-state index in [4.69, 9.17) is 4.74 Å². The quantitative estimate of drug-likeness (QED) is 0.264. The van der Waals surface area contributed by atoms with Crippen LogP contribution in [-0.4, -0.2) is 51.4 Å². The number of ether oxygens (including phenoxy) is 1. The van der Waals surface area contributed by atoms with Crippen LogP contribution in [0.2, 0.25) is 0 Å². The number of rotatable bonds is 14. The number of hydrogen-bond acceptors (Lipinski definition) is 5. The molecule has 0 unspecified atom stereocenters. The fourth-order valence-electron chi connectivity index (χ4n) is 4.62. The van der Waals surface area contributed by atoms with E-state index in [1.165, 1.54) is 24.1 Å². The highest BCUT2D eigenvalue weighted by Gasteiger charge is 2.34. The Morgan fingerprint density at radius 3 is 2.27 bits per heavy atom. The van der Waals surface area contributed by atoms with E-state index in [-0.39, 0.29) is 23.0 Å². The maximum atomic E-state index is 14.2. The summed E-state index contributed by atoms with van der Waals surface area (Å²) in [6.45, 7) is 7.84. The molecule has 0 saturated heterocycles. The van der Waals surface area contributed by atoms with E-state index in [2.05, 4.69) is 5.32 Å². The lowest BCUT2D eigenvalue weighted by atomic mass is 10.1. The van der Waals surface area contributed by atoms with Crippen molar-refractivity contribution in [1.82, 2.24) is 10.2 Å². The first kappa shape index (κ1) is 31.7. The summed E-state index contributed by atoms with van der Waals surface area (Å²) in [6.07, 6.45) is 2.12. The van der Waals surface area contributed by atoms with Crippen LogP contribution >= 0.6 is 0 Å². The first-order chi connectivity index (χ1) is 19.6. The van der Waals surface area contributed by atoms with Crippen molar-refractivity contribution >= 4 is 27.5 Å². The summed E-state index contributed by atoms with van der Waals surface area (Å²) in [7, 11) is -2.72. The Hall–Kier alpha value is -3.85. The lowest BCUT2D eigenvalue weighted by molar-refractivity contribution is -0.140. The number of unbranched alkanes of at least 4 members (excludes halogenated alkanes) is 1. The number of methoxy groups -OCH3 is 1. The van der Waals surface area contributed by atoms with Crippen LogP contribution in [-0.2, 0) is 26.2 Å². The van der Waals surface area contributed by atoms with Crippen molar-refractivity contribution in [3.05, 3.63) is 89.5 Å². The Bertz CT molecular complexity index is 1430. The molecule has 9 heteroatoms. The van der Waals surface area contributed by atoms with Gasteiger partial charge in [-0.2, -0.15) is 0 Å². The topological polar surface area (TPSA) is 96.0 Å². The number of sulfonamides is 1. The van der Waals surface area contributed by atoms with Crippen molar-refractivity contribution in [2.75, 3.05) is 24.5 Å². The van der Waals surface area contributed by atoms with Gasteiger partial charge in [0, 0.05) is 13.1 Å². The predicted octanol–water partition coefficient (Wildman–Crippen LogP) is 5.23. The van der Waals surface area contributed by atoms with Gasteiger partial charge in [-0.1, -0.05) is 68.8 Å². The van der Waals surface area contributed by atoms with Crippen molar-refractivity contribution in [1.29, 1.82) is 0 Å². The molecule has 0 saturated carbocycles. The molecule has 0 spiro atoms. The van der Waals surface area contributed by atoms with Crippen LogP contribution in [0.1, 0.15) is 49.8 Å². The monoisotopic (exact) mass is 579 g/mol. The largest absolute Gasteiger partial charge is 0.495 e. The second-order valence-electron chi connectivity index (χ2n) is 10.0. The van der Waals surface area contributed by atoms with E-state index in [9.17, 15) is 18.0 Å². The average molecular weight is 580 g/mol. The summed E-state index contributed by atoms with van der Waals surface area (Å²) < 4.78 is 34.7. The fourth-order valence-corrected chi connectivity index (χ4v) is 6.06. The number of aryl methyl sites for hydroxylation is 2. The molecule has 3 aromatic rings. The maximum Gasteiger partial charge on any atom is 0.264 e. The van der Waals surface area contributed by atoms with Crippen LogP contribution < -0.4 is 14.4 Å². The first-order valence-corrected chi connectivity index (χ1v) is 15.4. The van der Waals surface area contributed by atoms with E-state index in [0.717, 1.165) is 33.8 Å². The highest BCUT2D eigenvalue weighted by atomic mass is 32.2. The zero-order valence-electron chi connectivity index (χ0n) is 24.6. The normalized spacial score (nSPS) is 11.9. The highest BCUT2D eigenvalue weighted by Crippen LogP contribution is 2.33. The predicted molar refractivity (Wildman–Crippen MR) is 162 cm³/mol. The standard InChI is InChI=1S/C32H41N3O5S/c1-6-8-20-33-32(37)28(7-2)34(22-26-15-13-12-14-25(26)4)31(36)23-35(29-21-24(3)18-19-30(29)40-5)41(38,39)27-16-10-9-11-17-27/h9-19,21,28H,6-8,20,22-23H2,1-5H3,(H,33,37)/t28-/m1/s1. The van der Waals surface area contributed by atoms with Crippen LogP contribution in [0.5, 0.6) is 5.75 Å². The second-order valence-corrected chi connectivity index (χ2v) is 11.9. The average Bonchev–Trinajstić information content (AvgIpc) is 2.97. The van der Waals surface area contributed by atoms with Gasteiger partial charge in [0.15, 0.2) is 0 Å². The summed E-state index contributed by atoms with van der Waals surface area (Å²) in [5.74, 6) is -0.431. The molecular formula is C32H41N3O5S. The number of amides is 2. The highest BCUT2D eigenvalue weighted by molar-refractivity contribution is 7.92. The lowest BCUT2D eigenvalue weighted by Crippen LogP contribution is -2.52. The van der Waals surface area contributed by atoms with Crippen LogP contribution in [0, 0.1) is 13.8 Å². The fraction of sp³-hybridized carbons (Fsp3) is 0.375. The van der Waals surface area contributed by atoms with Crippen LogP contribution in [0.25, 0.3) is 0 Å². The molecule has 0 heterocycles. The molecule has 8 nitrogen and oxygen atoms in total. The Morgan fingerprint density at radius 1 is 0.951 bits per heavy atom. The molecular weight excluding hydrogens is 538 g/mol. The third kappa shape index (κ3) is 7.88. The summed E-state index contributed by atoms with van der Waals surface area (Å²) in [6, 6.07) is 20.1. The van der Waals surface area contributed by atoms with Gasteiger partial charge in [0.2, 0.25) is 11.8 Å². The van der Waals surface area contributed by atoms with Gasteiger partial charge in [0.25, 0.3) is 10.0 Å². The number of benzene rings is 3. The van der Waals surface area contributed by atoms with Crippen molar-refractivity contribution in [3.8, 4) is 5.75 Å². The molecule has 0 aromatic heterocycles. The molecule has 41 heavy (non-hydrogen) atoms.